The van der Waals surface area contributed by atoms with Gasteiger partial charge in [0.2, 0.25) is 0 Å². The highest BCUT2D eigenvalue weighted by atomic mass is 79.9. The summed E-state index contributed by atoms with van der Waals surface area (Å²) in [7, 11) is 1.51. The summed E-state index contributed by atoms with van der Waals surface area (Å²) >= 11 is 4.61. The lowest BCUT2D eigenvalue weighted by Gasteiger charge is -2.27. The maximum atomic E-state index is 14.0. The number of halogens is 4. The number of nitrogens with zero attached hydrogens (tertiary/aromatic N) is 2. The number of benzene rings is 2. The van der Waals surface area contributed by atoms with E-state index < -0.39 is 29.3 Å². The van der Waals surface area contributed by atoms with Gasteiger partial charge in [0.15, 0.2) is 4.80 Å². The van der Waals surface area contributed by atoms with Crippen LogP contribution in [0.15, 0.2) is 84.5 Å². The summed E-state index contributed by atoms with van der Waals surface area (Å²) in [6, 6.07) is 12.4. The number of carbonyl (C=O) groups is 1. The first-order valence-electron chi connectivity index (χ1n) is 13.4. The highest BCUT2D eigenvalue weighted by Crippen LogP contribution is 2.38. The lowest BCUT2D eigenvalue weighted by molar-refractivity contribution is -0.139. The van der Waals surface area contributed by atoms with E-state index in [0.29, 0.717) is 34.7 Å². The lowest BCUT2D eigenvalue weighted by atomic mass is 9.93. The van der Waals surface area contributed by atoms with E-state index in [2.05, 4.69) is 15.9 Å². The van der Waals surface area contributed by atoms with Crippen molar-refractivity contribution in [2.45, 2.75) is 38.9 Å². The number of hydrogen-bond acceptors (Lipinski definition) is 7. The summed E-state index contributed by atoms with van der Waals surface area (Å²) < 4.78 is 59.0. The second-order valence-corrected chi connectivity index (χ2v) is 11.5. The predicted molar refractivity (Wildman–Crippen MR) is 159 cm³/mol. The third kappa shape index (κ3) is 6.12. The van der Waals surface area contributed by atoms with Gasteiger partial charge in [0.25, 0.3) is 5.56 Å². The maximum Gasteiger partial charge on any atom is 0.416 e. The molecule has 0 spiro atoms. The van der Waals surface area contributed by atoms with Gasteiger partial charge in [-0.3, -0.25) is 9.36 Å². The quantitative estimate of drug-likeness (QED) is 0.196. The number of ether oxygens (including phenoxy) is 2. The van der Waals surface area contributed by atoms with E-state index in [1.807, 2.05) is 6.92 Å². The highest BCUT2D eigenvalue weighted by molar-refractivity contribution is 9.10. The molecule has 2 aromatic carbocycles. The third-order valence-corrected chi connectivity index (χ3v) is 8.23. The first-order valence-corrected chi connectivity index (χ1v) is 15.0. The summed E-state index contributed by atoms with van der Waals surface area (Å²) in [5, 5.41) is 0. The molecule has 4 aromatic rings. The standard InChI is InChI=1S/C31H26BrF3N2O5S/c1-4-7-22-26(29(39)41-5-2)27(21-15-19(32)10-12-24(21)40-3)37-28(38)25(43-30(37)36-22)16-20-11-13-23(42-20)17-8-6-9-18(14-17)31(33,34)35/h6,8-16,27H,4-5,7H2,1-3H3/b25-16+/t27-/m0/s1. The van der Waals surface area contributed by atoms with Gasteiger partial charge < -0.3 is 13.9 Å². The van der Waals surface area contributed by atoms with E-state index >= 15 is 0 Å². The van der Waals surface area contributed by atoms with Crippen LogP contribution in [0.5, 0.6) is 5.75 Å². The molecule has 1 aliphatic rings. The molecule has 2 aromatic heterocycles. The van der Waals surface area contributed by atoms with Crippen molar-refractivity contribution >= 4 is 39.3 Å². The van der Waals surface area contributed by atoms with Crippen molar-refractivity contribution in [3.8, 4) is 17.1 Å². The molecule has 1 atom stereocenters. The van der Waals surface area contributed by atoms with Crippen LogP contribution in [-0.4, -0.2) is 24.3 Å². The van der Waals surface area contributed by atoms with Crippen LogP contribution in [0.1, 0.15) is 49.6 Å². The molecule has 12 heteroatoms. The van der Waals surface area contributed by atoms with E-state index in [0.717, 1.165) is 27.9 Å². The van der Waals surface area contributed by atoms with Crippen molar-refractivity contribution in [2.24, 2.45) is 4.99 Å². The Morgan fingerprint density at radius 1 is 1.16 bits per heavy atom. The van der Waals surface area contributed by atoms with Crippen molar-refractivity contribution in [3.63, 3.8) is 0 Å². The largest absolute Gasteiger partial charge is 0.496 e. The molecule has 5 rings (SSSR count). The lowest BCUT2D eigenvalue weighted by Crippen LogP contribution is -2.40. The number of methoxy groups -OCH3 is 1. The van der Waals surface area contributed by atoms with Gasteiger partial charge in [0.05, 0.1) is 35.1 Å². The monoisotopic (exact) mass is 674 g/mol. The second-order valence-electron chi connectivity index (χ2n) is 9.58. The van der Waals surface area contributed by atoms with Crippen molar-refractivity contribution in [3.05, 3.63) is 107 Å². The van der Waals surface area contributed by atoms with Gasteiger partial charge in [-0.25, -0.2) is 9.79 Å². The molecular formula is C31H26BrF3N2O5S. The zero-order chi connectivity index (χ0) is 30.9. The molecule has 0 N–H and O–H groups in total. The van der Waals surface area contributed by atoms with Gasteiger partial charge in [-0.15, -0.1) is 0 Å². The van der Waals surface area contributed by atoms with Crippen LogP contribution < -0.4 is 19.6 Å². The van der Waals surface area contributed by atoms with E-state index in [1.54, 1.807) is 37.3 Å². The van der Waals surface area contributed by atoms with Crippen LogP contribution in [0.4, 0.5) is 13.2 Å². The van der Waals surface area contributed by atoms with Crippen molar-refractivity contribution < 1.29 is 31.9 Å². The Kier molecular flexibility index (Phi) is 8.79. The number of carbonyl (C=O) groups excluding carboxylic acids is 1. The van der Waals surface area contributed by atoms with Crippen LogP contribution in [-0.2, 0) is 15.7 Å². The Bertz CT molecular complexity index is 1900. The third-order valence-electron chi connectivity index (χ3n) is 6.75. The number of thiazole rings is 1. The van der Waals surface area contributed by atoms with E-state index in [1.165, 1.54) is 29.9 Å². The fraction of sp³-hybridized carbons (Fsp3) is 0.258. The molecule has 0 bridgehead atoms. The Balaban J connectivity index is 1.68. The van der Waals surface area contributed by atoms with Gasteiger partial charge >= 0.3 is 12.1 Å². The minimum atomic E-state index is -4.49. The van der Waals surface area contributed by atoms with Crippen molar-refractivity contribution in [2.75, 3.05) is 13.7 Å². The molecule has 0 fully saturated rings. The summed E-state index contributed by atoms with van der Waals surface area (Å²) in [5.41, 5.74) is 0.376. The number of alkyl halides is 3. The molecular weight excluding hydrogens is 649 g/mol. The Labute approximate surface area is 256 Å². The molecule has 3 heterocycles. The smallest absolute Gasteiger partial charge is 0.416 e. The van der Waals surface area contributed by atoms with E-state index in [-0.39, 0.29) is 33.8 Å². The molecule has 0 unspecified atom stereocenters. The molecule has 0 saturated carbocycles. The molecule has 224 valence electrons. The fourth-order valence-corrected chi connectivity index (χ4v) is 6.28. The Morgan fingerprint density at radius 2 is 1.95 bits per heavy atom. The summed E-state index contributed by atoms with van der Waals surface area (Å²) in [6.45, 7) is 3.81. The average Bonchev–Trinajstić information content (AvgIpc) is 3.56. The molecule has 7 nitrogen and oxygen atoms in total. The van der Waals surface area contributed by atoms with Gasteiger partial charge in [0, 0.05) is 21.7 Å². The zero-order valence-electron chi connectivity index (χ0n) is 23.3. The minimum Gasteiger partial charge on any atom is -0.496 e. The summed E-state index contributed by atoms with van der Waals surface area (Å²) in [4.78, 5) is 32.5. The number of fused-ring (bicyclic) bond motifs is 1. The van der Waals surface area contributed by atoms with Crippen LogP contribution in [0, 0.1) is 0 Å². The minimum absolute atomic E-state index is 0.140. The Morgan fingerprint density at radius 3 is 2.65 bits per heavy atom. The molecule has 0 saturated heterocycles. The number of esters is 1. The SMILES string of the molecule is CCCC1=C(C(=O)OCC)[C@H](c2cc(Br)ccc2OC)n2c(s/c(=C/c3ccc(-c4cccc(C(F)(F)F)c4)o3)c2=O)=N1. The van der Waals surface area contributed by atoms with Crippen LogP contribution in [0.2, 0.25) is 0 Å². The molecule has 1 aliphatic heterocycles. The highest BCUT2D eigenvalue weighted by Gasteiger charge is 2.36. The zero-order valence-corrected chi connectivity index (χ0v) is 25.7. The average molecular weight is 676 g/mol. The fourth-order valence-electron chi connectivity index (χ4n) is 4.90. The molecule has 43 heavy (non-hydrogen) atoms. The van der Waals surface area contributed by atoms with E-state index in [9.17, 15) is 22.8 Å². The Hall–Kier alpha value is -3.90. The number of hydrogen-bond donors (Lipinski definition) is 0. The first-order chi connectivity index (χ1) is 20.5. The number of furan rings is 1. The van der Waals surface area contributed by atoms with Crippen molar-refractivity contribution in [1.82, 2.24) is 4.57 Å². The normalized spacial score (nSPS) is 15.3. The molecule has 0 aliphatic carbocycles. The van der Waals surface area contributed by atoms with Gasteiger partial charge in [-0.2, -0.15) is 13.2 Å². The van der Waals surface area contributed by atoms with Crippen molar-refractivity contribution in [1.29, 1.82) is 0 Å². The second kappa shape index (κ2) is 12.4. The number of allylic oxidation sites excluding steroid dienone is 1. The maximum absolute atomic E-state index is 14.0. The van der Waals surface area contributed by atoms with Gasteiger partial charge in [-0.1, -0.05) is 52.7 Å². The molecule has 0 radical (unpaired) electrons. The van der Waals surface area contributed by atoms with Crippen LogP contribution in [0.3, 0.4) is 0 Å². The topological polar surface area (TPSA) is 83.0 Å². The number of aromatic nitrogens is 1. The van der Waals surface area contributed by atoms with Gasteiger partial charge in [-0.05, 0) is 55.8 Å². The van der Waals surface area contributed by atoms with E-state index in [4.69, 9.17) is 18.9 Å². The van der Waals surface area contributed by atoms with Crippen LogP contribution in [0.25, 0.3) is 17.4 Å². The molecule has 0 amide bonds. The van der Waals surface area contributed by atoms with Gasteiger partial charge in [0.1, 0.15) is 23.3 Å². The summed E-state index contributed by atoms with van der Waals surface area (Å²) in [6.07, 6.45) is -1.80. The number of rotatable bonds is 8. The first kappa shape index (κ1) is 30.6. The predicted octanol–water partition coefficient (Wildman–Crippen LogP) is 6.63. The summed E-state index contributed by atoms with van der Waals surface area (Å²) in [5.74, 6) is 0.385. The van der Waals surface area contributed by atoms with Crippen LogP contribution >= 0.6 is 27.3 Å².